The van der Waals surface area contributed by atoms with E-state index in [1.807, 2.05) is 0 Å². The fourth-order valence-electron chi connectivity index (χ4n) is 1.61. The van der Waals surface area contributed by atoms with Gasteiger partial charge >= 0.3 is 0 Å². The Hall–Kier alpha value is -2.15. The van der Waals surface area contributed by atoms with Crippen LogP contribution in [0.25, 0.3) is 0 Å². The summed E-state index contributed by atoms with van der Waals surface area (Å²) in [6, 6.07) is 6.63. The van der Waals surface area contributed by atoms with Crippen molar-refractivity contribution < 1.29 is 17.2 Å². The number of hydrogen-bond acceptors (Lipinski definition) is 3. The monoisotopic (exact) mass is 298 g/mol. The number of nitrogen functional groups attached to an aromatic ring is 1. The average molecular weight is 298 g/mol. The highest BCUT2D eigenvalue weighted by Crippen LogP contribution is 2.21. The van der Waals surface area contributed by atoms with Crippen molar-refractivity contribution in [2.75, 3.05) is 10.5 Å². The summed E-state index contributed by atoms with van der Waals surface area (Å²) in [5.41, 5.74) is 6.51. The number of nitrogens with two attached hydrogens (primary N) is 1. The number of aryl methyl sites for hydroxylation is 1. The van der Waals surface area contributed by atoms with E-state index >= 15 is 0 Å². The van der Waals surface area contributed by atoms with Crippen LogP contribution >= 0.6 is 0 Å². The quantitative estimate of drug-likeness (QED) is 0.856. The summed E-state index contributed by atoms with van der Waals surface area (Å²) in [5.74, 6) is -1.74. The molecule has 4 nitrogen and oxygen atoms in total. The molecule has 0 atom stereocenters. The molecule has 2 rings (SSSR count). The Morgan fingerprint density at radius 1 is 1.05 bits per heavy atom. The Balaban J connectivity index is 2.37. The van der Waals surface area contributed by atoms with Crippen LogP contribution in [0.1, 0.15) is 5.56 Å². The zero-order chi connectivity index (χ0) is 14.9. The molecule has 3 N–H and O–H groups in total. The van der Waals surface area contributed by atoms with Crippen molar-refractivity contribution in [1.82, 2.24) is 0 Å². The van der Waals surface area contributed by atoms with Crippen LogP contribution < -0.4 is 10.5 Å². The van der Waals surface area contributed by atoms with Crippen LogP contribution in [0.15, 0.2) is 41.3 Å². The van der Waals surface area contributed by atoms with Crippen molar-refractivity contribution in [1.29, 1.82) is 0 Å². The minimum absolute atomic E-state index is 0.0785. The van der Waals surface area contributed by atoms with Gasteiger partial charge in [-0.15, -0.1) is 0 Å². The maximum atomic E-state index is 13.0. The molecule has 0 unspecified atom stereocenters. The third kappa shape index (κ3) is 3.05. The van der Waals surface area contributed by atoms with Gasteiger partial charge in [0.1, 0.15) is 11.6 Å². The highest BCUT2D eigenvalue weighted by atomic mass is 32.2. The van der Waals surface area contributed by atoms with Crippen LogP contribution in [-0.4, -0.2) is 8.42 Å². The molecule has 0 aliphatic rings. The lowest BCUT2D eigenvalue weighted by atomic mass is 10.2. The number of rotatable bonds is 3. The van der Waals surface area contributed by atoms with Crippen molar-refractivity contribution in [2.24, 2.45) is 0 Å². The first-order valence-corrected chi connectivity index (χ1v) is 7.11. The molecule has 0 saturated heterocycles. The normalized spacial score (nSPS) is 11.3. The smallest absolute Gasteiger partial charge is 0.261 e. The van der Waals surface area contributed by atoms with Gasteiger partial charge in [0.05, 0.1) is 10.6 Å². The molecule has 0 aromatic heterocycles. The van der Waals surface area contributed by atoms with Gasteiger partial charge in [0, 0.05) is 11.8 Å². The van der Waals surface area contributed by atoms with E-state index in [9.17, 15) is 17.2 Å². The van der Waals surface area contributed by atoms with E-state index in [4.69, 9.17) is 5.73 Å². The van der Waals surface area contributed by atoms with Gasteiger partial charge in [-0.2, -0.15) is 0 Å². The van der Waals surface area contributed by atoms with E-state index < -0.39 is 21.7 Å². The van der Waals surface area contributed by atoms with Gasteiger partial charge in [0.15, 0.2) is 0 Å². The molecule has 0 radical (unpaired) electrons. The molecule has 20 heavy (non-hydrogen) atoms. The summed E-state index contributed by atoms with van der Waals surface area (Å²) in [5, 5.41) is 0. The number of hydrogen-bond donors (Lipinski definition) is 2. The molecule has 0 saturated carbocycles. The number of nitrogens with one attached hydrogen (secondary N) is 1. The van der Waals surface area contributed by atoms with Gasteiger partial charge < -0.3 is 5.73 Å². The molecule has 2 aromatic rings. The number of sulfonamides is 1. The summed E-state index contributed by atoms with van der Waals surface area (Å²) >= 11 is 0. The average Bonchev–Trinajstić information content (AvgIpc) is 2.30. The second-order valence-electron chi connectivity index (χ2n) is 4.28. The van der Waals surface area contributed by atoms with Gasteiger partial charge in [-0.1, -0.05) is 6.07 Å². The van der Waals surface area contributed by atoms with Crippen LogP contribution in [-0.2, 0) is 10.0 Å². The second kappa shape index (κ2) is 5.09. The Kier molecular flexibility index (Phi) is 3.63. The lowest BCUT2D eigenvalue weighted by molar-refractivity contribution is 0.584. The van der Waals surface area contributed by atoms with E-state index in [0.29, 0.717) is 11.8 Å². The van der Waals surface area contributed by atoms with E-state index in [0.717, 1.165) is 17.7 Å². The first-order chi connectivity index (χ1) is 9.28. The standard InChI is InChI=1S/C13H12F2N2O2S/c1-8-2-3-12(7-13(8)16)20(18,19)17-11-5-9(14)4-10(15)6-11/h2-7,17H,16H2,1H3. The first kappa shape index (κ1) is 14.3. The minimum atomic E-state index is -3.95. The van der Waals surface area contributed by atoms with Gasteiger partial charge in [-0.05, 0) is 36.8 Å². The molecular formula is C13H12F2N2O2S. The van der Waals surface area contributed by atoms with Crippen molar-refractivity contribution in [3.63, 3.8) is 0 Å². The second-order valence-corrected chi connectivity index (χ2v) is 5.96. The Morgan fingerprint density at radius 2 is 1.65 bits per heavy atom. The lowest BCUT2D eigenvalue weighted by Gasteiger charge is -2.10. The molecule has 106 valence electrons. The number of halogens is 2. The molecule has 0 amide bonds. The minimum Gasteiger partial charge on any atom is -0.398 e. The molecule has 0 heterocycles. The van der Waals surface area contributed by atoms with Gasteiger partial charge in [-0.3, -0.25) is 4.72 Å². The van der Waals surface area contributed by atoms with Crippen molar-refractivity contribution in [2.45, 2.75) is 11.8 Å². The Labute approximate surface area is 115 Å². The number of anilines is 2. The maximum Gasteiger partial charge on any atom is 0.261 e. The highest BCUT2D eigenvalue weighted by Gasteiger charge is 2.16. The molecule has 0 aliphatic heterocycles. The van der Waals surface area contributed by atoms with Crippen LogP contribution in [0, 0.1) is 18.6 Å². The van der Waals surface area contributed by atoms with Crippen LogP contribution in [0.5, 0.6) is 0 Å². The summed E-state index contributed by atoms with van der Waals surface area (Å²) < 4.78 is 52.3. The molecule has 2 aromatic carbocycles. The van der Waals surface area contributed by atoms with Crippen molar-refractivity contribution >= 4 is 21.4 Å². The fourth-order valence-corrected chi connectivity index (χ4v) is 2.69. The van der Waals surface area contributed by atoms with E-state index in [1.54, 1.807) is 13.0 Å². The largest absolute Gasteiger partial charge is 0.398 e. The number of benzene rings is 2. The molecule has 0 spiro atoms. The fraction of sp³-hybridized carbons (Fsp3) is 0.0769. The van der Waals surface area contributed by atoms with Gasteiger partial charge in [0.25, 0.3) is 10.0 Å². The predicted octanol–water partition coefficient (Wildman–Crippen LogP) is 2.66. The topological polar surface area (TPSA) is 72.2 Å². The van der Waals surface area contributed by atoms with Crippen molar-refractivity contribution in [3.8, 4) is 0 Å². The van der Waals surface area contributed by atoms with Crippen LogP contribution in [0.3, 0.4) is 0 Å². The summed E-state index contributed by atoms with van der Waals surface area (Å²) in [4.78, 5) is -0.0785. The first-order valence-electron chi connectivity index (χ1n) is 5.63. The summed E-state index contributed by atoms with van der Waals surface area (Å²) in [6.45, 7) is 1.74. The molecular weight excluding hydrogens is 286 g/mol. The zero-order valence-electron chi connectivity index (χ0n) is 10.5. The van der Waals surface area contributed by atoms with Gasteiger partial charge in [-0.25, -0.2) is 17.2 Å². The zero-order valence-corrected chi connectivity index (χ0v) is 11.3. The Morgan fingerprint density at radius 3 is 2.20 bits per heavy atom. The SMILES string of the molecule is Cc1ccc(S(=O)(=O)Nc2cc(F)cc(F)c2)cc1N. The van der Waals surface area contributed by atoms with Crippen molar-refractivity contribution in [3.05, 3.63) is 53.6 Å². The van der Waals surface area contributed by atoms with Gasteiger partial charge in [0.2, 0.25) is 0 Å². The van der Waals surface area contributed by atoms with Crippen LogP contribution in [0.4, 0.5) is 20.2 Å². The van der Waals surface area contributed by atoms with E-state index in [2.05, 4.69) is 4.72 Å². The van der Waals surface area contributed by atoms with Crippen LogP contribution in [0.2, 0.25) is 0 Å². The molecule has 7 heteroatoms. The molecule has 0 bridgehead atoms. The molecule has 0 fully saturated rings. The van der Waals surface area contributed by atoms with E-state index in [1.165, 1.54) is 12.1 Å². The summed E-state index contributed by atoms with van der Waals surface area (Å²) in [7, 11) is -3.95. The predicted molar refractivity (Wildman–Crippen MR) is 72.8 cm³/mol. The Bertz CT molecular complexity index is 741. The highest BCUT2D eigenvalue weighted by molar-refractivity contribution is 7.92. The third-order valence-corrected chi connectivity index (χ3v) is 4.05. The van der Waals surface area contributed by atoms with E-state index in [-0.39, 0.29) is 10.6 Å². The summed E-state index contributed by atoms with van der Waals surface area (Å²) in [6.07, 6.45) is 0. The third-order valence-electron chi connectivity index (χ3n) is 2.68. The molecule has 0 aliphatic carbocycles. The maximum absolute atomic E-state index is 13.0. The lowest BCUT2D eigenvalue weighted by Crippen LogP contribution is -2.13.